The van der Waals surface area contributed by atoms with Crippen molar-refractivity contribution in [1.82, 2.24) is 14.8 Å². The van der Waals surface area contributed by atoms with Crippen LogP contribution in [-0.2, 0) is 0 Å². The maximum atomic E-state index is 11.1. The van der Waals surface area contributed by atoms with Crippen LogP contribution in [0.15, 0.2) is 28.9 Å². The monoisotopic (exact) mass is 491 g/mol. The van der Waals surface area contributed by atoms with Gasteiger partial charge in [-0.1, -0.05) is 11.6 Å². The second-order valence-electron chi connectivity index (χ2n) is 4.39. The van der Waals surface area contributed by atoms with Crippen molar-refractivity contribution in [3.8, 4) is 11.4 Å². The van der Waals surface area contributed by atoms with Crippen LogP contribution in [0.25, 0.3) is 16.6 Å². The van der Waals surface area contributed by atoms with Crippen molar-refractivity contribution in [2.75, 3.05) is 7.11 Å². The average molecular weight is 492 g/mol. The molecule has 112 valence electrons. The maximum absolute atomic E-state index is 11.1. The molecule has 0 atom stereocenters. The van der Waals surface area contributed by atoms with Crippen LogP contribution in [0.2, 0.25) is 5.15 Å². The lowest BCUT2D eigenvalue weighted by molar-refractivity contribution is 0.112. The van der Waals surface area contributed by atoms with Gasteiger partial charge in [0.15, 0.2) is 6.29 Å². The van der Waals surface area contributed by atoms with Crippen molar-refractivity contribution >= 4 is 67.3 Å². The summed E-state index contributed by atoms with van der Waals surface area (Å²) in [6, 6.07) is 5.20. The summed E-state index contributed by atoms with van der Waals surface area (Å²) in [4.78, 5) is 15.2. The third-order valence-electron chi connectivity index (χ3n) is 3.14. The third kappa shape index (κ3) is 2.61. The van der Waals surface area contributed by atoms with Gasteiger partial charge < -0.3 is 4.74 Å². The van der Waals surface area contributed by atoms with E-state index < -0.39 is 0 Å². The first-order chi connectivity index (χ1) is 10.5. The molecule has 2 heterocycles. The van der Waals surface area contributed by atoms with Gasteiger partial charge in [0.05, 0.1) is 18.0 Å². The van der Waals surface area contributed by atoms with Crippen molar-refractivity contribution in [3.05, 3.63) is 43.3 Å². The van der Waals surface area contributed by atoms with Gasteiger partial charge in [0.2, 0.25) is 0 Å². The number of carbonyl (C=O) groups excluding carboxylic acids is 1. The zero-order valence-corrected chi connectivity index (χ0v) is 15.7. The summed E-state index contributed by atoms with van der Waals surface area (Å²) in [6.45, 7) is 0. The molecule has 0 bridgehead atoms. The van der Waals surface area contributed by atoms with Crippen molar-refractivity contribution in [1.29, 1.82) is 0 Å². The summed E-state index contributed by atoms with van der Waals surface area (Å²) in [7, 11) is 1.55. The van der Waals surface area contributed by atoms with Gasteiger partial charge in [-0.2, -0.15) is 5.10 Å². The summed E-state index contributed by atoms with van der Waals surface area (Å²) in [5.41, 5.74) is 2.02. The number of hydrogen-bond donors (Lipinski definition) is 0. The molecule has 5 nitrogen and oxygen atoms in total. The number of methoxy groups -OCH3 is 1. The van der Waals surface area contributed by atoms with Gasteiger partial charge in [0, 0.05) is 22.3 Å². The van der Waals surface area contributed by atoms with Gasteiger partial charge in [-0.05, 0) is 50.7 Å². The van der Waals surface area contributed by atoms with E-state index in [0.717, 1.165) is 20.9 Å². The second-order valence-corrected chi connectivity index (χ2v) is 6.65. The number of hydrogen-bond acceptors (Lipinski definition) is 4. The number of fused-ring (bicyclic) bond motifs is 1. The first-order valence-electron chi connectivity index (χ1n) is 6.08. The predicted molar refractivity (Wildman–Crippen MR) is 96.2 cm³/mol. The highest BCUT2D eigenvalue weighted by molar-refractivity contribution is 14.1. The highest BCUT2D eigenvalue weighted by atomic mass is 127. The van der Waals surface area contributed by atoms with Crippen LogP contribution < -0.4 is 4.74 Å². The molecule has 0 radical (unpaired) electrons. The molecular weight excluding hydrogens is 484 g/mol. The Balaban J connectivity index is 2.34. The molecule has 0 aliphatic carbocycles. The van der Waals surface area contributed by atoms with Crippen LogP contribution in [0.5, 0.6) is 5.75 Å². The summed E-state index contributed by atoms with van der Waals surface area (Å²) in [5, 5.41) is 5.80. The Bertz CT molecular complexity index is 897. The fourth-order valence-corrected chi connectivity index (χ4v) is 3.32. The van der Waals surface area contributed by atoms with E-state index in [9.17, 15) is 4.79 Å². The molecule has 8 heteroatoms. The molecule has 22 heavy (non-hydrogen) atoms. The van der Waals surface area contributed by atoms with Gasteiger partial charge >= 0.3 is 0 Å². The molecule has 3 rings (SSSR count). The molecule has 0 amide bonds. The molecule has 0 unspecified atom stereocenters. The van der Waals surface area contributed by atoms with E-state index in [1.165, 1.54) is 0 Å². The van der Waals surface area contributed by atoms with E-state index in [0.29, 0.717) is 26.6 Å². The molecule has 3 aromatic rings. The molecule has 2 aromatic heterocycles. The van der Waals surface area contributed by atoms with Crippen LogP contribution >= 0.6 is 50.1 Å². The molecular formula is C14H8BrClIN3O2. The van der Waals surface area contributed by atoms with Gasteiger partial charge in [-0.15, -0.1) is 0 Å². The van der Waals surface area contributed by atoms with Crippen LogP contribution in [0.4, 0.5) is 0 Å². The number of ether oxygens (including phenoxy) is 1. The van der Waals surface area contributed by atoms with E-state index in [-0.39, 0.29) is 0 Å². The zero-order chi connectivity index (χ0) is 15.9. The van der Waals surface area contributed by atoms with Gasteiger partial charge in [0.1, 0.15) is 20.3 Å². The first-order valence-corrected chi connectivity index (χ1v) is 8.33. The highest BCUT2D eigenvalue weighted by Gasteiger charge is 2.16. The Morgan fingerprint density at radius 3 is 2.86 bits per heavy atom. The largest absolute Gasteiger partial charge is 0.494 e. The number of aldehydes is 1. The Labute approximate surface area is 152 Å². The van der Waals surface area contributed by atoms with E-state index >= 15 is 0 Å². The summed E-state index contributed by atoms with van der Waals surface area (Å²) in [5.74, 6) is 0.541. The lowest BCUT2D eigenvalue weighted by Crippen LogP contribution is -2.02. The Hall–Kier alpha value is -1.19. The van der Waals surface area contributed by atoms with E-state index in [1.807, 2.05) is 0 Å². The normalized spacial score (nSPS) is 10.9. The van der Waals surface area contributed by atoms with Crippen LogP contribution in [0.1, 0.15) is 10.4 Å². The fraction of sp³-hybridized carbons (Fsp3) is 0.0714. The minimum Gasteiger partial charge on any atom is -0.494 e. The summed E-state index contributed by atoms with van der Waals surface area (Å²) in [6.07, 6.45) is 2.45. The van der Waals surface area contributed by atoms with Crippen LogP contribution in [0, 0.1) is 3.70 Å². The lowest BCUT2D eigenvalue weighted by Gasteiger charge is -2.11. The number of rotatable bonds is 3. The zero-order valence-electron chi connectivity index (χ0n) is 11.2. The van der Waals surface area contributed by atoms with Gasteiger partial charge in [-0.3, -0.25) is 4.79 Å². The lowest BCUT2D eigenvalue weighted by atomic mass is 10.2. The number of carbonyl (C=O) groups is 1. The number of pyridine rings is 1. The van der Waals surface area contributed by atoms with Crippen molar-refractivity contribution in [3.63, 3.8) is 0 Å². The summed E-state index contributed by atoms with van der Waals surface area (Å²) >= 11 is 11.5. The van der Waals surface area contributed by atoms with Gasteiger partial charge in [-0.25, -0.2) is 9.67 Å². The molecule has 0 N–H and O–H groups in total. The van der Waals surface area contributed by atoms with Crippen molar-refractivity contribution in [2.45, 2.75) is 0 Å². The van der Waals surface area contributed by atoms with E-state index in [1.54, 1.807) is 36.2 Å². The third-order valence-corrected chi connectivity index (χ3v) is 4.83. The van der Waals surface area contributed by atoms with Gasteiger partial charge in [0.25, 0.3) is 0 Å². The topological polar surface area (TPSA) is 57.0 Å². The van der Waals surface area contributed by atoms with E-state index in [2.05, 4.69) is 48.6 Å². The smallest absolute Gasteiger partial charge is 0.151 e. The standard InChI is InChI=1S/C14H8BrClIN3O2/c1-22-12-2-7(6-21)9(15)3-11(12)20-10-4-13(16)18-5-8(10)14(17)19-20/h2-6H,1H3. The molecule has 1 aromatic carbocycles. The van der Waals surface area contributed by atoms with Crippen molar-refractivity contribution in [2.24, 2.45) is 0 Å². The minimum absolute atomic E-state index is 0.382. The molecule has 0 aliphatic heterocycles. The van der Waals surface area contributed by atoms with Crippen LogP contribution in [-0.4, -0.2) is 28.2 Å². The Morgan fingerprint density at radius 2 is 2.18 bits per heavy atom. The summed E-state index contributed by atoms with van der Waals surface area (Å²) < 4.78 is 8.58. The Kier molecular flexibility index (Phi) is 4.37. The molecule has 0 spiro atoms. The van der Waals surface area contributed by atoms with Crippen molar-refractivity contribution < 1.29 is 9.53 Å². The predicted octanol–water partition coefficient (Wildman–Crippen LogP) is 4.26. The first kappa shape index (κ1) is 15.7. The number of aromatic nitrogens is 3. The van der Waals surface area contributed by atoms with Crippen LogP contribution in [0.3, 0.4) is 0 Å². The quantitative estimate of drug-likeness (QED) is 0.312. The molecule has 0 saturated heterocycles. The fourth-order valence-electron chi connectivity index (χ4n) is 2.11. The number of halogens is 3. The SMILES string of the molecule is COc1cc(C=O)c(Br)cc1-n1nc(I)c2cnc(Cl)cc21. The second kappa shape index (κ2) is 6.13. The minimum atomic E-state index is 0.382. The van der Waals surface area contributed by atoms with E-state index in [4.69, 9.17) is 16.3 Å². The number of nitrogens with zero attached hydrogens (tertiary/aromatic N) is 3. The highest BCUT2D eigenvalue weighted by Crippen LogP contribution is 2.33. The molecule has 0 fully saturated rings. The average Bonchev–Trinajstić information content (AvgIpc) is 2.83. The molecule has 0 saturated carbocycles. The number of benzene rings is 1. The maximum Gasteiger partial charge on any atom is 0.151 e. The Morgan fingerprint density at radius 1 is 1.41 bits per heavy atom. The molecule has 0 aliphatic rings.